The largest absolute Gasteiger partial charge is 0.306 e. The first-order valence-corrected chi connectivity index (χ1v) is 7.20. The molecule has 2 aromatic rings. The van der Waals surface area contributed by atoms with E-state index >= 15 is 0 Å². The van der Waals surface area contributed by atoms with Gasteiger partial charge in [0, 0.05) is 30.2 Å². The van der Waals surface area contributed by atoms with E-state index in [-0.39, 0.29) is 6.04 Å². The van der Waals surface area contributed by atoms with Crippen LogP contribution in [0.5, 0.6) is 0 Å². The summed E-state index contributed by atoms with van der Waals surface area (Å²) in [5, 5.41) is 8.16. The molecule has 0 aromatic carbocycles. The zero-order chi connectivity index (χ0) is 14.7. The Kier molecular flexibility index (Phi) is 4.55. The summed E-state index contributed by atoms with van der Waals surface area (Å²) in [5.74, 6) is 0. The molecule has 2 aromatic heterocycles. The van der Waals surface area contributed by atoms with Gasteiger partial charge in [-0.2, -0.15) is 5.10 Å². The molecule has 0 aliphatic heterocycles. The molecule has 2 heterocycles. The minimum Gasteiger partial charge on any atom is -0.306 e. The van der Waals surface area contributed by atoms with Gasteiger partial charge in [0.2, 0.25) is 0 Å². The van der Waals surface area contributed by atoms with Crippen LogP contribution in [0.4, 0.5) is 0 Å². The van der Waals surface area contributed by atoms with Gasteiger partial charge in [0.25, 0.3) is 0 Å². The fraction of sp³-hybridized carbons (Fsp3) is 0.500. The third-order valence-corrected chi connectivity index (χ3v) is 3.72. The standard InChI is InChI=1S/C16H24N4/c1-6-9-17-16(14-8-7-11(2)18-10-14)15-12(3)19-20(5)13(15)4/h7-8,10,16-17H,6,9H2,1-5H3. The van der Waals surface area contributed by atoms with Gasteiger partial charge in [-0.05, 0) is 45.4 Å². The average Bonchev–Trinajstić information content (AvgIpc) is 2.67. The highest BCUT2D eigenvalue weighted by Crippen LogP contribution is 2.27. The van der Waals surface area contributed by atoms with Gasteiger partial charge in [-0.25, -0.2) is 0 Å². The summed E-state index contributed by atoms with van der Waals surface area (Å²) in [7, 11) is 2.00. The van der Waals surface area contributed by atoms with Crippen molar-refractivity contribution in [3.05, 3.63) is 46.5 Å². The first-order valence-electron chi connectivity index (χ1n) is 7.20. The molecule has 0 spiro atoms. The first-order chi connectivity index (χ1) is 9.54. The van der Waals surface area contributed by atoms with Crippen molar-refractivity contribution in [3.63, 3.8) is 0 Å². The second kappa shape index (κ2) is 6.18. The Labute approximate surface area is 121 Å². The molecule has 1 unspecified atom stereocenters. The highest BCUT2D eigenvalue weighted by molar-refractivity contribution is 5.36. The lowest BCUT2D eigenvalue weighted by Gasteiger charge is -2.20. The summed E-state index contributed by atoms with van der Waals surface area (Å²) < 4.78 is 1.95. The molecular weight excluding hydrogens is 248 g/mol. The number of aromatic nitrogens is 3. The summed E-state index contributed by atoms with van der Waals surface area (Å²) in [6, 6.07) is 4.38. The Morgan fingerprint density at radius 1 is 1.25 bits per heavy atom. The van der Waals surface area contributed by atoms with E-state index in [4.69, 9.17) is 0 Å². The number of nitrogens with one attached hydrogen (secondary N) is 1. The van der Waals surface area contributed by atoms with E-state index in [0.717, 1.165) is 24.4 Å². The maximum Gasteiger partial charge on any atom is 0.0647 e. The third kappa shape index (κ3) is 2.90. The van der Waals surface area contributed by atoms with Crippen molar-refractivity contribution in [1.82, 2.24) is 20.1 Å². The number of nitrogens with zero attached hydrogens (tertiary/aromatic N) is 3. The molecule has 4 nitrogen and oxygen atoms in total. The molecule has 0 amide bonds. The number of aryl methyl sites for hydroxylation is 3. The van der Waals surface area contributed by atoms with Crippen LogP contribution in [0.2, 0.25) is 0 Å². The average molecular weight is 272 g/mol. The number of hydrogen-bond acceptors (Lipinski definition) is 3. The topological polar surface area (TPSA) is 42.7 Å². The monoisotopic (exact) mass is 272 g/mol. The third-order valence-electron chi connectivity index (χ3n) is 3.72. The molecule has 108 valence electrons. The highest BCUT2D eigenvalue weighted by atomic mass is 15.3. The van der Waals surface area contributed by atoms with E-state index in [1.807, 2.05) is 24.9 Å². The van der Waals surface area contributed by atoms with Crippen LogP contribution in [0.1, 0.15) is 47.6 Å². The molecule has 20 heavy (non-hydrogen) atoms. The van der Waals surface area contributed by atoms with Crippen LogP contribution in [0, 0.1) is 20.8 Å². The van der Waals surface area contributed by atoms with Gasteiger partial charge in [0.1, 0.15) is 0 Å². The molecule has 4 heteroatoms. The second-order valence-electron chi connectivity index (χ2n) is 5.33. The van der Waals surface area contributed by atoms with Crippen LogP contribution in [-0.4, -0.2) is 21.3 Å². The van der Waals surface area contributed by atoms with Crippen LogP contribution >= 0.6 is 0 Å². The Bertz CT molecular complexity index is 569. The number of pyridine rings is 1. The van der Waals surface area contributed by atoms with Gasteiger partial charge < -0.3 is 5.32 Å². The van der Waals surface area contributed by atoms with Crippen molar-refractivity contribution in [2.24, 2.45) is 7.05 Å². The zero-order valence-electron chi connectivity index (χ0n) is 13.1. The Morgan fingerprint density at radius 2 is 2.00 bits per heavy atom. The summed E-state index contributed by atoms with van der Waals surface area (Å²) in [4.78, 5) is 4.43. The minimum absolute atomic E-state index is 0.164. The summed E-state index contributed by atoms with van der Waals surface area (Å²) in [6.07, 6.45) is 3.07. The van der Waals surface area contributed by atoms with E-state index in [2.05, 4.69) is 48.3 Å². The van der Waals surface area contributed by atoms with Crippen LogP contribution in [-0.2, 0) is 7.05 Å². The Balaban J connectivity index is 2.44. The van der Waals surface area contributed by atoms with Gasteiger partial charge in [0.05, 0.1) is 11.7 Å². The second-order valence-corrected chi connectivity index (χ2v) is 5.33. The summed E-state index contributed by atoms with van der Waals surface area (Å²) in [6.45, 7) is 9.37. The fourth-order valence-corrected chi connectivity index (χ4v) is 2.53. The van der Waals surface area contributed by atoms with Gasteiger partial charge in [-0.1, -0.05) is 13.0 Å². The molecule has 2 rings (SSSR count). The van der Waals surface area contributed by atoms with Crippen molar-refractivity contribution in [3.8, 4) is 0 Å². The molecule has 0 bridgehead atoms. The van der Waals surface area contributed by atoms with Gasteiger partial charge in [-0.3, -0.25) is 9.67 Å². The maximum absolute atomic E-state index is 4.54. The minimum atomic E-state index is 0.164. The predicted molar refractivity (Wildman–Crippen MR) is 81.8 cm³/mol. The van der Waals surface area contributed by atoms with E-state index in [1.165, 1.54) is 16.8 Å². The van der Waals surface area contributed by atoms with E-state index < -0.39 is 0 Å². The predicted octanol–water partition coefficient (Wildman–Crippen LogP) is 2.83. The molecule has 0 radical (unpaired) electrons. The Morgan fingerprint density at radius 3 is 2.50 bits per heavy atom. The van der Waals surface area contributed by atoms with Crippen LogP contribution in [0.15, 0.2) is 18.3 Å². The van der Waals surface area contributed by atoms with Crippen molar-refractivity contribution in [2.45, 2.75) is 40.2 Å². The molecule has 0 saturated heterocycles. The molecule has 1 N–H and O–H groups in total. The van der Waals surface area contributed by atoms with Crippen LogP contribution in [0.3, 0.4) is 0 Å². The van der Waals surface area contributed by atoms with E-state index in [9.17, 15) is 0 Å². The molecular formula is C16H24N4. The van der Waals surface area contributed by atoms with Crippen molar-refractivity contribution in [1.29, 1.82) is 0 Å². The molecule has 0 aliphatic rings. The van der Waals surface area contributed by atoms with Gasteiger partial charge >= 0.3 is 0 Å². The maximum atomic E-state index is 4.54. The van der Waals surface area contributed by atoms with Gasteiger partial charge in [-0.15, -0.1) is 0 Å². The SMILES string of the molecule is CCCNC(c1ccc(C)nc1)c1c(C)nn(C)c1C. The Hall–Kier alpha value is -1.68. The fourth-order valence-electron chi connectivity index (χ4n) is 2.53. The molecule has 0 fully saturated rings. The zero-order valence-corrected chi connectivity index (χ0v) is 13.1. The quantitative estimate of drug-likeness (QED) is 0.910. The van der Waals surface area contributed by atoms with Gasteiger partial charge in [0.15, 0.2) is 0 Å². The smallest absolute Gasteiger partial charge is 0.0647 e. The van der Waals surface area contributed by atoms with Crippen LogP contribution < -0.4 is 5.32 Å². The summed E-state index contributed by atoms with van der Waals surface area (Å²) >= 11 is 0. The summed E-state index contributed by atoms with van der Waals surface area (Å²) in [5.41, 5.74) is 5.80. The molecule has 0 saturated carbocycles. The lowest BCUT2D eigenvalue weighted by molar-refractivity contribution is 0.591. The molecule has 0 aliphatic carbocycles. The number of hydrogen-bond donors (Lipinski definition) is 1. The lowest BCUT2D eigenvalue weighted by Crippen LogP contribution is -2.24. The normalized spacial score (nSPS) is 12.7. The number of rotatable bonds is 5. The van der Waals surface area contributed by atoms with Crippen molar-refractivity contribution < 1.29 is 0 Å². The highest BCUT2D eigenvalue weighted by Gasteiger charge is 2.21. The van der Waals surface area contributed by atoms with Crippen molar-refractivity contribution in [2.75, 3.05) is 6.54 Å². The van der Waals surface area contributed by atoms with E-state index in [0.29, 0.717) is 0 Å². The van der Waals surface area contributed by atoms with Crippen molar-refractivity contribution >= 4 is 0 Å². The first kappa shape index (κ1) is 14.7. The van der Waals surface area contributed by atoms with Crippen LogP contribution in [0.25, 0.3) is 0 Å². The lowest BCUT2D eigenvalue weighted by atomic mass is 9.98. The molecule has 1 atom stereocenters. The van der Waals surface area contributed by atoms with E-state index in [1.54, 1.807) is 0 Å².